The molecule has 0 radical (unpaired) electrons. The van der Waals surface area contributed by atoms with Crippen LogP contribution in [-0.2, 0) is 10.0 Å². The van der Waals surface area contributed by atoms with Gasteiger partial charge in [-0.15, -0.1) is 0 Å². The number of primary amides is 2. The Morgan fingerprint density at radius 3 is 1.94 bits per heavy atom. The largest absolute Gasteiger partial charge is 0.366 e. The fraction of sp³-hybridized carbons (Fsp3) is 0. The molecule has 6 N–H and O–H groups in total. The summed E-state index contributed by atoms with van der Waals surface area (Å²) < 4.78 is 27.1. The van der Waals surface area contributed by atoms with Gasteiger partial charge in [0, 0.05) is 28.1 Å². The predicted molar refractivity (Wildman–Crippen MR) is 126 cm³/mol. The van der Waals surface area contributed by atoms with E-state index in [0.717, 1.165) is 5.41 Å². The van der Waals surface area contributed by atoms with Crippen molar-refractivity contribution in [1.29, 1.82) is 0 Å². The molecule has 0 aliphatic rings. The standard InChI is InChI=1S/C23H20N4O5S/c24-21(28)17-11-18(22(25)29)14-20(13-17)26-23(30)16-7-4-8-19(12-16)27-33(31,32)10-9-15-5-2-1-3-6-15/h1-14,27H,(H2,24,28)(H2,25,29)(H,26,30)/b10-9+. The molecular weight excluding hydrogens is 444 g/mol. The maximum atomic E-state index is 12.7. The van der Waals surface area contributed by atoms with E-state index in [-0.39, 0.29) is 28.1 Å². The number of amides is 3. The minimum atomic E-state index is -3.83. The van der Waals surface area contributed by atoms with Crippen LogP contribution in [0.2, 0.25) is 0 Å². The molecule has 0 atom stereocenters. The van der Waals surface area contributed by atoms with Gasteiger partial charge in [-0.2, -0.15) is 0 Å². The molecule has 0 saturated carbocycles. The van der Waals surface area contributed by atoms with E-state index in [4.69, 9.17) is 11.5 Å². The summed E-state index contributed by atoms with van der Waals surface area (Å²) >= 11 is 0. The number of hydrogen-bond donors (Lipinski definition) is 4. The third-order valence-corrected chi connectivity index (χ3v) is 5.40. The van der Waals surface area contributed by atoms with Crippen molar-refractivity contribution >= 4 is 45.2 Å². The van der Waals surface area contributed by atoms with E-state index in [1.54, 1.807) is 24.3 Å². The lowest BCUT2D eigenvalue weighted by Crippen LogP contribution is -2.18. The first-order chi connectivity index (χ1) is 15.6. The second kappa shape index (κ2) is 9.79. The predicted octanol–water partition coefficient (Wildman–Crippen LogP) is 2.55. The highest BCUT2D eigenvalue weighted by atomic mass is 32.2. The number of anilines is 2. The normalized spacial score (nSPS) is 11.2. The van der Waals surface area contributed by atoms with Gasteiger partial charge in [0.2, 0.25) is 11.8 Å². The number of hydrogen-bond acceptors (Lipinski definition) is 5. The highest BCUT2D eigenvalue weighted by molar-refractivity contribution is 7.95. The van der Waals surface area contributed by atoms with E-state index in [1.807, 2.05) is 6.07 Å². The Balaban J connectivity index is 1.78. The summed E-state index contributed by atoms with van der Waals surface area (Å²) in [6.07, 6.45) is 1.45. The van der Waals surface area contributed by atoms with E-state index >= 15 is 0 Å². The maximum absolute atomic E-state index is 12.7. The second-order valence-corrected chi connectivity index (χ2v) is 8.49. The van der Waals surface area contributed by atoms with Crippen LogP contribution in [0.25, 0.3) is 6.08 Å². The smallest absolute Gasteiger partial charge is 0.255 e. The molecule has 33 heavy (non-hydrogen) atoms. The summed E-state index contributed by atoms with van der Waals surface area (Å²) in [6, 6.07) is 18.5. The Morgan fingerprint density at radius 1 is 0.727 bits per heavy atom. The quantitative estimate of drug-likeness (QED) is 0.402. The number of carbonyl (C=O) groups excluding carboxylic acids is 3. The number of sulfonamides is 1. The van der Waals surface area contributed by atoms with Crippen molar-refractivity contribution in [2.45, 2.75) is 0 Å². The third-order valence-electron chi connectivity index (χ3n) is 4.38. The highest BCUT2D eigenvalue weighted by Gasteiger charge is 2.13. The minimum Gasteiger partial charge on any atom is -0.366 e. The summed E-state index contributed by atoms with van der Waals surface area (Å²) in [7, 11) is -3.83. The van der Waals surface area contributed by atoms with E-state index in [1.165, 1.54) is 48.5 Å². The van der Waals surface area contributed by atoms with E-state index in [0.29, 0.717) is 5.56 Å². The van der Waals surface area contributed by atoms with Crippen molar-refractivity contribution in [2.75, 3.05) is 10.0 Å². The summed E-state index contributed by atoms with van der Waals surface area (Å²) in [6.45, 7) is 0. The highest BCUT2D eigenvalue weighted by Crippen LogP contribution is 2.18. The van der Waals surface area contributed by atoms with Crippen LogP contribution in [0.3, 0.4) is 0 Å². The van der Waals surface area contributed by atoms with E-state index in [9.17, 15) is 22.8 Å². The number of nitrogens with two attached hydrogens (primary N) is 2. The summed E-state index contributed by atoms with van der Waals surface area (Å²) in [4.78, 5) is 35.7. The van der Waals surface area contributed by atoms with Crippen LogP contribution in [0.5, 0.6) is 0 Å². The first kappa shape index (κ1) is 23.2. The topological polar surface area (TPSA) is 161 Å². The molecule has 10 heteroatoms. The van der Waals surface area contributed by atoms with Crippen molar-refractivity contribution in [3.8, 4) is 0 Å². The summed E-state index contributed by atoms with van der Waals surface area (Å²) in [5.74, 6) is -2.20. The van der Waals surface area contributed by atoms with Crippen molar-refractivity contribution in [3.63, 3.8) is 0 Å². The van der Waals surface area contributed by atoms with Gasteiger partial charge in [0.25, 0.3) is 15.9 Å². The van der Waals surface area contributed by atoms with Crippen LogP contribution in [0.1, 0.15) is 36.6 Å². The number of carbonyl (C=O) groups is 3. The van der Waals surface area contributed by atoms with Crippen molar-refractivity contribution in [1.82, 2.24) is 0 Å². The molecule has 168 valence electrons. The maximum Gasteiger partial charge on any atom is 0.255 e. The molecule has 0 spiro atoms. The fourth-order valence-electron chi connectivity index (χ4n) is 2.84. The zero-order valence-corrected chi connectivity index (χ0v) is 18.0. The molecule has 0 aliphatic carbocycles. The van der Waals surface area contributed by atoms with Crippen molar-refractivity contribution in [3.05, 3.63) is 100 Å². The Bertz CT molecular complexity index is 1320. The molecule has 0 aromatic heterocycles. The molecule has 0 aliphatic heterocycles. The van der Waals surface area contributed by atoms with Crippen LogP contribution in [0.4, 0.5) is 11.4 Å². The molecule has 3 aromatic carbocycles. The molecule has 3 amide bonds. The average Bonchev–Trinajstić information content (AvgIpc) is 2.78. The van der Waals surface area contributed by atoms with Crippen LogP contribution < -0.4 is 21.5 Å². The number of nitrogens with one attached hydrogen (secondary N) is 2. The zero-order valence-electron chi connectivity index (χ0n) is 17.2. The van der Waals surface area contributed by atoms with E-state index < -0.39 is 27.7 Å². The Morgan fingerprint density at radius 2 is 1.33 bits per heavy atom. The van der Waals surface area contributed by atoms with Gasteiger partial charge in [-0.05, 0) is 48.0 Å². The third kappa shape index (κ3) is 6.52. The van der Waals surface area contributed by atoms with E-state index in [2.05, 4.69) is 10.0 Å². The summed E-state index contributed by atoms with van der Waals surface area (Å²) in [5, 5.41) is 3.56. The van der Waals surface area contributed by atoms with Gasteiger partial charge in [0.1, 0.15) is 0 Å². The summed E-state index contributed by atoms with van der Waals surface area (Å²) in [5.41, 5.74) is 11.6. The molecule has 0 fully saturated rings. The Labute approximate surface area is 190 Å². The van der Waals surface area contributed by atoms with Gasteiger partial charge >= 0.3 is 0 Å². The van der Waals surface area contributed by atoms with Gasteiger partial charge < -0.3 is 16.8 Å². The van der Waals surface area contributed by atoms with Crippen LogP contribution in [-0.4, -0.2) is 26.1 Å². The Kier molecular flexibility index (Phi) is 6.89. The molecule has 0 heterocycles. The second-order valence-electron chi connectivity index (χ2n) is 6.92. The minimum absolute atomic E-state index is 0.00619. The molecule has 0 bridgehead atoms. The Hall–Kier alpha value is -4.44. The van der Waals surface area contributed by atoms with Crippen LogP contribution in [0.15, 0.2) is 78.2 Å². The van der Waals surface area contributed by atoms with Gasteiger partial charge in [0.15, 0.2) is 0 Å². The lowest BCUT2D eigenvalue weighted by atomic mass is 10.1. The monoisotopic (exact) mass is 464 g/mol. The lowest BCUT2D eigenvalue weighted by Gasteiger charge is -2.10. The van der Waals surface area contributed by atoms with Crippen LogP contribution in [0, 0.1) is 0 Å². The molecule has 9 nitrogen and oxygen atoms in total. The van der Waals surface area contributed by atoms with Crippen molar-refractivity contribution < 1.29 is 22.8 Å². The first-order valence-corrected chi connectivity index (χ1v) is 11.1. The molecular formula is C23H20N4O5S. The van der Waals surface area contributed by atoms with Gasteiger partial charge in [-0.1, -0.05) is 36.4 Å². The SMILES string of the molecule is NC(=O)c1cc(NC(=O)c2cccc(NS(=O)(=O)/C=C/c3ccccc3)c2)cc(C(N)=O)c1. The van der Waals surface area contributed by atoms with Gasteiger partial charge in [-0.3, -0.25) is 19.1 Å². The molecule has 0 saturated heterocycles. The average molecular weight is 465 g/mol. The number of rotatable bonds is 8. The number of benzene rings is 3. The first-order valence-electron chi connectivity index (χ1n) is 9.55. The fourth-order valence-corrected chi connectivity index (χ4v) is 3.70. The zero-order chi connectivity index (χ0) is 24.0. The van der Waals surface area contributed by atoms with Gasteiger partial charge in [0.05, 0.1) is 5.41 Å². The lowest BCUT2D eigenvalue weighted by molar-refractivity contribution is 0.0994. The van der Waals surface area contributed by atoms with Gasteiger partial charge in [-0.25, -0.2) is 8.42 Å². The molecule has 3 rings (SSSR count). The molecule has 0 unspecified atom stereocenters. The van der Waals surface area contributed by atoms with Crippen LogP contribution >= 0.6 is 0 Å². The van der Waals surface area contributed by atoms with Crippen molar-refractivity contribution in [2.24, 2.45) is 11.5 Å². The molecule has 3 aromatic rings.